The Bertz CT molecular complexity index is 754. The Kier molecular flexibility index (Phi) is 2.96. The number of hydrogen-bond donors (Lipinski definition) is 1. The van der Waals surface area contributed by atoms with Gasteiger partial charge >= 0.3 is 0 Å². The SMILES string of the molecule is CN1CC=C(c2ccc3[nH]c4c(c3c2)CCCC4=O)CC1. The van der Waals surface area contributed by atoms with Crippen LogP contribution in [0.3, 0.4) is 0 Å². The summed E-state index contributed by atoms with van der Waals surface area (Å²) < 4.78 is 0. The van der Waals surface area contributed by atoms with E-state index < -0.39 is 0 Å². The highest BCUT2D eigenvalue weighted by molar-refractivity contribution is 6.03. The van der Waals surface area contributed by atoms with Crippen molar-refractivity contribution in [2.24, 2.45) is 0 Å². The van der Waals surface area contributed by atoms with Gasteiger partial charge in [-0.1, -0.05) is 12.1 Å². The fraction of sp³-hybridized carbons (Fsp3) is 0.389. The maximum Gasteiger partial charge on any atom is 0.179 e. The molecule has 21 heavy (non-hydrogen) atoms. The Morgan fingerprint density at radius 1 is 1.19 bits per heavy atom. The molecule has 3 nitrogen and oxygen atoms in total. The van der Waals surface area contributed by atoms with Gasteiger partial charge in [0, 0.05) is 30.4 Å². The molecule has 0 fully saturated rings. The van der Waals surface area contributed by atoms with Crippen LogP contribution < -0.4 is 0 Å². The summed E-state index contributed by atoms with van der Waals surface area (Å²) in [6.45, 7) is 2.14. The van der Waals surface area contributed by atoms with E-state index in [9.17, 15) is 4.79 Å². The first-order valence-electron chi connectivity index (χ1n) is 7.78. The van der Waals surface area contributed by atoms with Crippen molar-refractivity contribution in [3.05, 3.63) is 41.1 Å². The van der Waals surface area contributed by atoms with Gasteiger partial charge in [0.2, 0.25) is 0 Å². The third-order valence-corrected chi connectivity index (χ3v) is 4.80. The van der Waals surface area contributed by atoms with Gasteiger partial charge in [-0.25, -0.2) is 0 Å². The number of likely N-dealkylation sites (N-methyl/N-ethyl adjacent to an activating group) is 1. The van der Waals surface area contributed by atoms with Gasteiger partial charge in [-0.2, -0.15) is 0 Å². The van der Waals surface area contributed by atoms with E-state index in [4.69, 9.17) is 0 Å². The van der Waals surface area contributed by atoms with Crippen molar-refractivity contribution in [1.29, 1.82) is 0 Å². The molecule has 4 rings (SSSR count). The maximum atomic E-state index is 12.0. The highest BCUT2D eigenvalue weighted by Gasteiger charge is 2.22. The minimum absolute atomic E-state index is 0.271. The summed E-state index contributed by atoms with van der Waals surface area (Å²) in [6, 6.07) is 6.60. The Balaban J connectivity index is 1.81. The van der Waals surface area contributed by atoms with Gasteiger partial charge in [0.1, 0.15) is 0 Å². The molecule has 2 aromatic rings. The molecule has 0 unspecified atom stereocenters. The van der Waals surface area contributed by atoms with Crippen molar-refractivity contribution < 1.29 is 4.79 Å². The summed E-state index contributed by atoms with van der Waals surface area (Å²) in [6.07, 6.45) is 6.12. The average Bonchev–Trinajstić information content (AvgIpc) is 2.87. The van der Waals surface area contributed by atoms with Gasteiger partial charge in [-0.05, 0) is 55.1 Å². The number of nitrogens with one attached hydrogen (secondary N) is 1. The highest BCUT2D eigenvalue weighted by atomic mass is 16.1. The second-order valence-electron chi connectivity index (χ2n) is 6.26. The molecule has 0 saturated carbocycles. The van der Waals surface area contributed by atoms with E-state index in [0.29, 0.717) is 6.42 Å². The number of H-pyrrole nitrogens is 1. The Morgan fingerprint density at radius 2 is 2.10 bits per heavy atom. The van der Waals surface area contributed by atoms with Gasteiger partial charge in [0.25, 0.3) is 0 Å². The molecule has 2 aliphatic rings. The summed E-state index contributed by atoms with van der Waals surface area (Å²) in [5.41, 5.74) is 5.94. The summed E-state index contributed by atoms with van der Waals surface area (Å²) in [5, 5.41) is 1.25. The fourth-order valence-electron chi connectivity index (χ4n) is 3.53. The maximum absolute atomic E-state index is 12.0. The molecule has 0 spiro atoms. The van der Waals surface area contributed by atoms with Crippen LogP contribution in [-0.2, 0) is 6.42 Å². The number of rotatable bonds is 1. The molecule has 1 aliphatic carbocycles. The predicted octanol–water partition coefficient (Wildman–Crippen LogP) is 3.41. The summed E-state index contributed by atoms with van der Waals surface area (Å²) in [4.78, 5) is 17.7. The fourth-order valence-corrected chi connectivity index (χ4v) is 3.53. The van der Waals surface area contributed by atoms with E-state index in [1.54, 1.807) is 0 Å². The van der Waals surface area contributed by atoms with Crippen LogP contribution in [0.5, 0.6) is 0 Å². The van der Waals surface area contributed by atoms with Crippen molar-refractivity contribution >= 4 is 22.3 Å². The number of carbonyl (C=O) groups is 1. The van der Waals surface area contributed by atoms with Crippen molar-refractivity contribution in [3.8, 4) is 0 Å². The monoisotopic (exact) mass is 280 g/mol. The van der Waals surface area contributed by atoms with Crippen LogP contribution in [0.4, 0.5) is 0 Å². The van der Waals surface area contributed by atoms with E-state index >= 15 is 0 Å². The number of aromatic nitrogens is 1. The first kappa shape index (κ1) is 12.8. The normalized spacial score (nSPS) is 19.7. The first-order chi connectivity index (χ1) is 10.2. The molecule has 0 bridgehead atoms. The van der Waals surface area contributed by atoms with Gasteiger partial charge in [0.05, 0.1) is 5.69 Å². The Hall–Kier alpha value is -1.87. The third kappa shape index (κ3) is 2.12. The van der Waals surface area contributed by atoms with E-state index in [1.165, 1.54) is 22.1 Å². The molecule has 1 N–H and O–H groups in total. The number of benzene rings is 1. The van der Waals surface area contributed by atoms with Gasteiger partial charge in [-0.15, -0.1) is 0 Å². The molecule has 0 saturated heterocycles. The second kappa shape index (κ2) is 4.85. The zero-order valence-corrected chi connectivity index (χ0v) is 12.4. The van der Waals surface area contributed by atoms with Crippen molar-refractivity contribution in [3.63, 3.8) is 0 Å². The molecule has 1 aromatic carbocycles. The van der Waals surface area contributed by atoms with Gasteiger partial charge < -0.3 is 9.88 Å². The lowest BCUT2D eigenvalue weighted by molar-refractivity contribution is 0.0968. The lowest BCUT2D eigenvalue weighted by Crippen LogP contribution is -2.23. The highest BCUT2D eigenvalue weighted by Crippen LogP contribution is 2.32. The quantitative estimate of drug-likeness (QED) is 0.869. The largest absolute Gasteiger partial charge is 0.352 e. The summed E-state index contributed by atoms with van der Waals surface area (Å²) >= 11 is 0. The van der Waals surface area contributed by atoms with Crippen molar-refractivity contribution in [2.45, 2.75) is 25.7 Å². The summed E-state index contributed by atoms with van der Waals surface area (Å²) in [5.74, 6) is 0.271. The Labute approximate surface area is 124 Å². The van der Waals surface area contributed by atoms with Crippen LogP contribution in [-0.4, -0.2) is 35.8 Å². The molecule has 3 heteroatoms. The molecule has 1 aromatic heterocycles. The number of hydrogen-bond acceptors (Lipinski definition) is 2. The zero-order chi connectivity index (χ0) is 14.4. The predicted molar refractivity (Wildman–Crippen MR) is 85.7 cm³/mol. The van der Waals surface area contributed by atoms with Crippen LogP contribution in [0, 0.1) is 0 Å². The topological polar surface area (TPSA) is 36.1 Å². The molecular weight excluding hydrogens is 260 g/mol. The summed E-state index contributed by atoms with van der Waals surface area (Å²) in [7, 11) is 2.16. The first-order valence-corrected chi connectivity index (χ1v) is 7.78. The molecule has 1 aliphatic heterocycles. The molecule has 108 valence electrons. The van der Waals surface area contributed by atoms with Crippen LogP contribution in [0.25, 0.3) is 16.5 Å². The average molecular weight is 280 g/mol. The smallest absolute Gasteiger partial charge is 0.179 e. The van der Waals surface area contributed by atoms with E-state index in [-0.39, 0.29) is 5.78 Å². The van der Waals surface area contributed by atoms with Gasteiger partial charge in [-0.3, -0.25) is 4.79 Å². The van der Waals surface area contributed by atoms with Crippen molar-refractivity contribution in [2.75, 3.05) is 20.1 Å². The van der Waals surface area contributed by atoms with E-state index in [0.717, 1.165) is 43.6 Å². The third-order valence-electron chi connectivity index (χ3n) is 4.80. The minimum Gasteiger partial charge on any atom is -0.352 e. The number of carbonyl (C=O) groups excluding carboxylic acids is 1. The number of ketones is 1. The molecule has 0 atom stereocenters. The number of aryl methyl sites for hydroxylation is 1. The Morgan fingerprint density at radius 3 is 2.90 bits per heavy atom. The van der Waals surface area contributed by atoms with Crippen LogP contribution in [0.1, 0.15) is 40.9 Å². The van der Waals surface area contributed by atoms with Gasteiger partial charge in [0.15, 0.2) is 5.78 Å². The van der Waals surface area contributed by atoms with Crippen LogP contribution in [0.15, 0.2) is 24.3 Å². The van der Waals surface area contributed by atoms with E-state index in [2.05, 4.69) is 41.2 Å². The number of nitrogens with zero attached hydrogens (tertiary/aromatic N) is 1. The lowest BCUT2D eigenvalue weighted by Gasteiger charge is -2.22. The van der Waals surface area contributed by atoms with Crippen LogP contribution in [0.2, 0.25) is 0 Å². The number of Topliss-reactive ketones (excluding diaryl/α,β-unsaturated/α-hetero) is 1. The van der Waals surface area contributed by atoms with Crippen molar-refractivity contribution in [1.82, 2.24) is 9.88 Å². The lowest BCUT2D eigenvalue weighted by atomic mass is 9.92. The number of aromatic amines is 1. The van der Waals surface area contributed by atoms with Crippen LogP contribution >= 0.6 is 0 Å². The molecule has 0 radical (unpaired) electrons. The number of fused-ring (bicyclic) bond motifs is 3. The molecule has 2 heterocycles. The second-order valence-corrected chi connectivity index (χ2v) is 6.26. The minimum atomic E-state index is 0.271. The van der Waals surface area contributed by atoms with E-state index in [1.807, 2.05) is 0 Å². The zero-order valence-electron chi connectivity index (χ0n) is 12.4. The standard InChI is InChI=1S/C18H20N2O/c1-20-9-7-12(8-10-20)13-5-6-16-15(11-13)14-3-2-4-17(21)18(14)19-16/h5-7,11,19H,2-4,8-10H2,1H3. The molecule has 0 amide bonds. The molecular formula is C18H20N2O.